The predicted molar refractivity (Wildman–Crippen MR) is 87.1 cm³/mol. The number of aromatic nitrogens is 1. The zero-order valence-corrected chi connectivity index (χ0v) is 14.5. The molecule has 1 aromatic heterocycles. The third-order valence-electron chi connectivity index (χ3n) is 3.47. The fraction of sp³-hybridized carbons (Fsp3) is 0.812. The van der Waals surface area contributed by atoms with Crippen LogP contribution >= 0.6 is 11.3 Å². The summed E-state index contributed by atoms with van der Waals surface area (Å²) in [6, 6.07) is 0.737. The van der Waals surface area contributed by atoms with Crippen molar-refractivity contribution in [1.29, 1.82) is 0 Å². The van der Waals surface area contributed by atoms with Crippen molar-refractivity contribution in [3.05, 3.63) is 15.6 Å². The number of hydrogen-bond acceptors (Lipinski definition) is 5. The number of ether oxygens (including phenoxy) is 2. The van der Waals surface area contributed by atoms with E-state index in [9.17, 15) is 0 Å². The zero-order chi connectivity index (χ0) is 15.3. The Labute approximate surface area is 132 Å². The molecule has 21 heavy (non-hydrogen) atoms. The highest BCUT2D eigenvalue weighted by Crippen LogP contribution is 2.30. The van der Waals surface area contributed by atoms with E-state index in [4.69, 9.17) is 14.5 Å². The van der Waals surface area contributed by atoms with Crippen LogP contribution in [-0.4, -0.2) is 38.0 Å². The van der Waals surface area contributed by atoms with E-state index in [0.717, 1.165) is 25.6 Å². The fourth-order valence-electron chi connectivity index (χ4n) is 2.14. The molecule has 0 aromatic carbocycles. The van der Waals surface area contributed by atoms with Gasteiger partial charge in [-0.15, -0.1) is 11.3 Å². The number of methoxy groups -OCH3 is 1. The van der Waals surface area contributed by atoms with Gasteiger partial charge in [0.05, 0.1) is 30.5 Å². The minimum atomic E-state index is 0.103. The standard InChI is InChI=1S/C16H28N2O2S/c1-16(2,3)15-13(11-17-12-5-6-12)21-14(18-15)7-8-20-10-9-19-4/h12,17H,5-11H2,1-4H3. The number of nitrogens with zero attached hydrogens (tertiary/aromatic N) is 1. The van der Waals surface area contributed by atoms with Gasteiger partial charge in [-0.05, 0) is 12.8 Å². The second kappa shape index (κ2) is 7.68. The molecule has 5 heteroatoms. The van der Waals surface area contributed by atoms with Gasteiger partial charge in [-0.1, -0.05) is 20.8 Å². The Bertz CT molecular complexity index is 436. The molecule has 1 aliphatic rings. The molecule has 0 atom stereocenters. The Hall–Kier alpha value is -0.490. The molecular weight excluding hydrogens is 284 g/mol. The van der Waals surface area contributed by atoms with Crippen LogP contribution in [0.3, 0.4) is 0 Å². The molecule has 1 saturated carbocycles. The van der Waals surface area contributed by atoms with Crippen molar-refractivity contribution >= 4 is 11.3 Å². The van der Waals surface area contributed by atoms with Crippen LogP contribution in [0.2, 0.25) is 0 Å². The van der Waals surface area contributed by atoms with Crippen LogP contribution in [0.25, 0.3) is 0 Å². The number of nitrogens with one attached hydrogen (secondary N) is 1. The highest BCUT2D eigenvalue weighted by Gasteiger charge is 2.25. The largest absolute Gasteiger partial charge is 0.382 e. The summed E-state index contributed by atoms with van der Waals surface area (Å²) >= 11 is 1.84. The van der Waals surface area contributed by atoms with Crippen LogP contribution in [0.4, 0.5) is 0 Å². The summed E-state index contributed by atoms with van der Waals surface area (Å²) in [5.74, 6) is 0. The van der Waals surface area contributed by atoms with Crippen molar-refractivity contribution < 1.29 is 9.47 Å². The Balaban J connectivity index is 1.91. The van der Waals surface area contributed by atoms with Gasteiger partial charge in [-0.25, -0.2) is 4.98 Å². The summed E-state index contributed by atoms with van der Waals surface area (Å²) in [6.45, 7) is 9.70. The molecule has 1 fully saturated rings. The van der Waals surface area contributed by atoms with Crippen molar-refractivity contribution in [1.82, 2.24) is 10.3 Å². The SMILES string of the molecule is COCCOCCc1nc(C(C)(C)C)c(CNC2CC2)s1. The molecule has 0 unspecified atom stereocenters. The summed E-state index contributed by atoms with van der Waals surface area (Å²) in [5, 5.41) is 4.79. The Morgan fingerprint density at radius 1 is 1.24 bits per heavy atom. The van der Waals surface area contributed by atoms with Gasteiger partial charge in [0, 0.05) is 36.4 Å². The first-order valence-electron chi connectivity index (χ1n) is 7.80. The van der Waals surface area contributed by atoms with Crippen LogP contribution in [0.5, 0.6) is 0 Å². The summed E-state index contributed by atoms with van der Waals surface area (Å²) in [7, 11) is 1.69. The number of rotatable bonds is 9. The number of thiazole rings is 1. The molecule has 120 valence electrons. The Kier molecular flexibility index (Phi) is 6.17. The predicted octanol–water partition coefficient (Wildman–Crippen LogP) is 2.90. The molecule has 1 aromatic rings. The molecule has 0 amide bonds. The van der Waals surface area contributed by atoms with Gasteiger partial charge in [0.25, 0.3) is 0 Å². The van der Waals surface area contributed by atoms with E-state index >= 15 is 0 Å². The van der Waals surface area contributed by atoms with E-state index in [2.05, 4.69) is 26.1 Å². The van der Waals surface area contributed by atoms with Gasteiger partial charge < -0.3 is 14.8 Å². The maximum Gasteiger partial charge on any atom is 0.0954 e. The van der Waals surface area contributed by atoms with Crippen molar-refractivity contribution in [3.8, 4) is 0 Å². The first-order chi connectivity index (χ1) is 10.0. The minimum Gasteiger partial charge on any atom is -0.382 e. The van der Waals surface area contributed by atoms with E-state index in [1.54, 1.807) is 7.11 Å². The summed E-state index contributed by atoms with van der Waals surface area (Å²) in [6.07, 6.45) is 3.54. The molecule has 1 N–H and O–H groups in total. The third-order valence-corrected chi connectivity index (χ3v) is 4.59. The topological polar surface area (TPSA) is 43.4 Å². The molecule has 1 heterocycles. The molecular formula is C16H28N2O2S. The zero-order valence-electron chi connectivity index (χ0n) is 13.7. The van der Waals surface area contributed by atoms with Gasteiger partial charge >= 0.3 is 0 Å². The van der Waals surface area contributed by atoms with Crippen molar-refractivity contribution in [3.63, 3.8) is 0 Å². The normalized spacial score (nSPS) is 15.6. The maximum absolute atomic E-state index is 5.55. The Morgan fingerprint density at radius 3 is 2.62 bits per heavy atom. The van der Waals surface area contributed by atoms with Crippen molar-refractivity contribution in [2.45, 2.75) is 58.0 Å². The molecule has 0 saturated heterocycles. The van der Waals surface area contributed by atoms with Gasteiger partial charge in [0.15, 0.2) is 0 Å². The fourth-order valence-corrected chi connectivity index (χ4v) is 3.35. The minimum absolute atomic E-state index is 0.103. The molecule has 4 nitrogen and oxygen atoms in total. The average molecular weight is 312 g/mol. The average Bonchev–Trinajstić information content (AvgIpc) is 3.15. The van der Waals surface area contributed by atoms with E-state index in [1.165, 1.54) is 28.4 Å². The van der Waals surface area contributed by atoms with Crippen LogP contribution in [0.1, 0.15) is 49.2 Å². The van der Waals surface area contributed by atoms with E-state index in [0.29, 0.717) is 13.2 Å². The number of hydrogen-bond donors (Lipinski definition) is 1. The quantitative estimate of drug-likeness (QED) is 0.712. The molecule has 0 spiro atoms. The van der Waals surface area contributed by atoms with Crippen LogP contribution < -0.4 is 5.32 Å². The highest BCUT2D eigenvalue weighted by atomic mass is 32.1. The van der Waals surface area contributed by atoms with Gasteiger partial charge in [0.2, 0.25) is 0 Å². The van der Waals surface area contributed by atoms with Crippen LogP contribution in [0, 0.1) is 0 Å². The molecule has 1 aliphatic carbocycles. The second-order valence-corrected chi connectivity index (χ2v) is 7.81. The maximum atomic E-state index is 5.55. The second-order valence-electron chi connectivity index (χ2n) is 6.64. The monoisotopic (exact) mass is 312 g/mol. The first kappa shape index (κ1) is 16.9. The lowest BCUT2D eigenvalue weighted by molar-refractivity contribution is 0.0722. The summed E-state index contributed by atoms with van der Waals surface area (Å²) in [4.78, 5) is 6.25. The van der Waals surface area contributed by atoms with Gasteiger partial charge in [-0.3, -0.25) is 0 Å². The molecule has 0 aliphatic heterocycles. The lowest BCUT2D eigenvalue weighted by Gasteiger charge is -2.17. The Morgan fingerprint density at radius 2 is 2.00 bits per heavy atom. The highest BCUT2D eigenvalue weighted by molar-refractivity contribution is 7.11. The van der Waals surface area contributed by atoms with E-state index in [-0.39, 0.29) is 5.41 Å². The van der Waals surface area contributed by atoms with E-state index in [1.807, 2.05) is 11.3 Å². The van der Waals surface area contributed by atoms with E-state index < -0.39 is 0 Å². The molecule has 2 rings (SSSR count). The smallest absolute Gasteiger partial charge is 0.0954 e. The van der Waals surface area contributed by atoms with Crippen molar-refractivity contribution in [2.75, 3.05) is 26.9 Å². The van der Waals surface area contributed by atoms with Crippen LogP contribution in [-0.2, 0) is 27.9 Å². The van der Waals surface area contributed by atoms with Gasteiger partial charge in [-0.2, -0.15) is 0 Å². The lowest BCUT2D eigenvalue weighted by Crippen LogP contribution is -2.20. The molecule has 0 bridgehead atoms. The lowest BCUT2D eigenvalue weighted by atomic mass is 9.91. The third kappa shape index (κ3) is 5.66. The summed E-state index contributed by atoms with van der Waals surface area (Å²) < 4.78 is 10.5. The summed E-state index contributed by atoms with van der Waals surface area (Å²) in [5.41, 5.74) is 1.35. The van der Waals surface area contributed by atoms with Gasteiger partial charge in [0.1, 0.15) is 0 Å². The first-order valence-corrected chi connectivity index (χ1v) is 8.61. The van der Waals surface area contributed by atoms with Crippen LogP contribution in [0.15, 0.2) is 0 Å². The molecule has 0 radical (unpaired) electrons. The van der Waals surface area contributed by atoms with Crippen molar-refractivity contribution in [2.24, 2.45) is 0 Å².